The van der Waals surface area contributed by atoms with E-state index >= 15 is 0 Å². The molecule has 1 fully saturated rings. The third-order valence-corrected chi connectivity index (χ3v) is 5.47. The molecule has 2 aromatic rings. The van der Waals surface area contributed by atoms with E-state index in [-0.39, 0.29) is 11.9 Å². The molecule has 0 radical (unpaired) electrons. The van der Waals surface area contributed by atoms with E-state index in [4.69, 9.17) is 14.2 Å². The summed E-state index contributed by atoms with van der Waals surface area (Å²) in [4.78, 5) is 13.1. The van der Waals surface area contributed by atoms with Crippen molar-refractivity contribution in [2.45, 2.75) is 17.9 Å². The number of carbonyl (C=O) groups excluding carboxylic acids is 1. The van der Waals surface area contributed by atoms with Crippen LogP contribution in [0.4, 0.5) is 5.69 Å². The Hall–Kier alpha value is -2.73. The first-order valence-corrected chi connectivity index (χ1v) is 8.60. The van der Waals surface area contributed by atoms with Crippen molar-refractivity contribution in [1.29, 1.82) is 0 Å². The second-order valence-electron chi connectivity index (χ2n) is 6.56. The van der Waals surface area contributed by atoms with Crippen LogP contribution in [0.15, 0.2) is 36.4 Å². The van der Waals surface area contributed by atoms with Crippen molar-refractivity contribution in [2.24, 2.45) is 0 Å². The second kappa shape index (κ2) is 6.21. The summed E-state index contributed by atoms with van der Waals surface area (Å²) in [5.41, 5.74) is 2.13. The molecule has 2 aromatic carbocycles. The van der Waals surface area contributed by atoms with Crippen LogP contribution in [0.1, 0.15) is 23.6 Å². The molecular formula is C20H22N2O4. The van der Waals surface area contributed by atoms with E-state index in [1.54, 1.807) is 27.4 Å². The maximum absolute atomic E-state index is 13.1. The minimum Gasteiger partial charge on any atom is -0.496 e. The molecule has 1 spiro atoms. The molecule has 26 heavy (non-hydrogen) atoms. The van der Waals surface area contributed by atoms with E-state index in [0.717, 1.165) is 29.8 Å². The van der Waals surface area contributed by atoms with E-state index in [0.29, 0.717) is 17.2 Å². The van der Waals surface area contributed by atoms with Crippen LogP contribution in [0.3, 0.4) is 0 Å². The van der Waals surface area contributed by atoms with Crippen LogP contribution in [0, 0.1) is 0 Å². The zero-order chi connectivity index (χ0) is 18.3. The third kappa shape index (κ3) is 2.18. The summed E-state index contributed by atoms with van der Waals surface area (Å²) >= 11 is 0. The van der Waals surface area contributed by atoms with Crippen molar-refractivity contribution in [2.75, 3.05) is 33.2 Å². The van der Waals surface area contributed by atoms with Gasteiger partial charge >= 0.3 is 0 Å². The average Bonchev–Trinajstić information content (AvgIpc) is 3.24. The molecule has 2 atom stereocenters. The molecule has 2 unspecified atom stereocenters. The largest absolute Gasteiger partial charge is 0.496 e. The second-order valence-corrected chi connectivity index (χ2v) is 6.56. The Morgan fingerprint density at radius 1 is 1.00 bits per heavy atom. The zero-order valence-corrected chi connectivity index (χ0v) is 15.1. The van der Waals surface area contributed by atoms with Crippen LogP contribution >= 0.6 is 0 Å². The van der Waals surface area contributed by atoms with Gasteiger partial charge in [0.2, 0.25) is 5.91 Å². The maximum Gasteiger partial charge on any atom is 0.237 e. The van der Waals surface area contributed by atoms with Crippen molar-refractivity contribution in [3.05, 3.63) is 47.5 Å². The first-order valence-electron chi connectivity index (χ1n) is 8.60. The summed E-state index contributed by atoms with van der Waals surface area (Å²) in [6, 6.07) is 11.4. The summed E-state index contributed by atoms with van der Waals surface area (Å²) in [6.07, 6.45) is 0.720. The Bertz CT molecular complexity index is 867. The predicted molar refractivity (Wildman–Crippen MR) is 98.2 cm³/mol. The zero-order valence-electron chi connectivity index (χ0n) is 15.1. The number of methoxy groups -OCH3 is 3. The number of para-hydroxylation sites is 1. The minimum absolute atomic E-state index is 0.0190. The van der Waals surface area contributed by atoms with E-state index in [1.165, 1.54) is 0 Å². The summed E-state index contributed by atoms with van der Waals surface area (Å²) in [6.45, 7) is 0.740. The van der Waals surface area contributed by atoms with Gasteiger partial charge in [-0.05, 0) is 30.7 Å². The molecule has 2 heterocycles. The summed E-state index contributed by atoms with van der Waals surface area (Å²) in [7, 11) is 4.81. The van der Waals surface area contributed by atoms with Crippen LogP contribution in [0.2, 0.25) is 0 Å². The molecule has 6 heteroatoms. The average molecular weight is 354 g/mol. The monoisotopic (exact) mass is 354 g/mol. The molecule has 1 saturated heterocycles. The molecule has 0 saturated carbocycles. The highest BCUT2D eigenvalue weighted by atomic mass is 16.5. The Morgan fingerprint density at radius 2 is 1.69 bits per heavy atom. The summed E-state index contributed by atoms with van der Waals surface area (Å²) < 4.78 is 16.5. The Kier molecular flexibility index (Phi) is 4.00. The van der Waals surface area contributed by atoms with Crippen LogP contribution < -0.4 is 24.8 Å². The molecule has 2 N–H and O–H groups in total. The Balaban J connectivity index is 1.90. The molecular weight excluding hydrogens is 332 g/mol. The Labute approximate surface area is 152 Å². The van der Waals surface area contributed by atoms with Gasteiger partial charge in [0.1, 0.15) is 5.75 Å². The highest BCUT2D eigenvalue weighted by Crippen LogP contribution is 2.53. The highest BCUT2D eigenvalue weighted by Gasteiger charge is 2.56. The molecule has 6 nitrogen and oxygen atoms in total. The smallest absolute Gasteiger partial charge is 0.237 e. The van der Waals surface area contributed by atoms with Crippen LogP contribution in [-0.2, 0) is 10.2 Å². The molecule has 0 aromatic heterocycles. The van der Waals surface area contributed by atoms with Gasteiger partial charge in [-0.3, -0.25) is 4.79 Å². The third-order valence-electron chi connectivity index (χ3n) is 5.47. The molecule has 4 rings (SSSR count). The fraction of sp³-hybridized carbons (Fsp3) is 0.350. The van der Waals surface area contributed by atoms with Gasteiger partial charge in [-0.1, -0.05) is 18.2 Å². The van der Waals surface area contributed by atoms with E-state index < -0.39 is 5.41 Å². The first-order chi connectivity index (χ1) is 12.7. The van der Waals surface area contributed by atoms with E-state index in [1.807, 2.05) is 30.3 Å². The van der Waals surface area contributed by atoms with Crippen molar-refractivity contribution >= 4 is 11.6 Å². The van der Waals surface area contributed by atoms with Gasteiger partial charge in [-0.15, -0.1) is 0 Å². The van der Waals surface area contributed by atoms with Gasteiger partial charge in [-0.25, -0.2) is 0 Å². The van der Waals surface area contributed by atoms with E-state index in [2.05, 4.69) is 10.6 Å². The van der Waals surface area contributed by atoms with Gasteiger partial charge in [-0.2, -0.15) is 0 Å². The number of fused-ring (bicyclic) bond motifs is 2. The lowest BCUT2D eigenvalue weighted by Crippen LogP contribution is -2.39. The minimum atomic E-state index is -0.663. The fourth-order valence-corrected chi connectivity index (χ4v) is 4.26. The van der Waals surface area contributed by atoms with Crippen LogP contribution in [-0.4, -0.2) is 33.8 Å². The number of rotatable bonds is 4. The SMILES string of the molecule is COc1cc(OC)c(C2NCCC23C(=O)Nc2ccccc23)cc1OC. The van der Waals surface area contributed by atoms with Gasteiger partial charge < -0.3 is 24.8 Å². The molecule has 0 aliphatic carbocycles. The van der Waals surface area contributed by atoms with Gasteiger partial charge in [0.25, 0.3) is 0 Å². The number of benzene rings is 2. The lowest BCUT2D eigenvalue weighted by molar-refractivity contribution is -0.121. The number of anilines is 1. The predicted octanol–water partition coefficient (Wildman–Crippen LogP) is 2.64. The number of carbonyl (C=O) groups is 1. The van der Waals surface area contributed by atoms with E-state index in [9.17, 15) is 4.79 Å². The molecule has 2 aliphatic heterocycles. The molecule has 136 valence electrons. The van der Waals surface area contributed by atoms with Crippen LogP contribution in [0.5, 0.6) is 17.2 Å². The Morgan fingerprint density at radius 3 is 2.42 bits per heavy atom. The first kappa shape index (κ1) is 16.7. The van der Waals surface area contributed by atoms with Crippen LogP contribution in [0.25, 0.3) is 0 Å². The number of ether oxygens (including phenoxy) is 3. The standard InChI is InChI=1S/C20H22N2O4/c1-24-15-11-17(26-3)16(25-2)10-12(15)18-20(8-9-21-18)13-6-4-5-7-14(13)22-19(20)23/h4-7,10-11,18,21H,8-9H2,1-3H3,(H,22,23). The molecule has 0 bridgehead atoms. The quantitative estimate of drug-likeness (QED) is 0.883. The number of nitrogens with one attached hydrogen (secondary N) is 2. The summed E-state index contributed by atoms with van der Waals surface area (Å²) in [5, 5.41) is 6.55. The summed E-state index contributed by atoms with van der Waals surface area (Å²) in [5.74, 6) is 1.89. The van der Waals surface area contributed by atoms with Crippen molar-refractivity contribution in [3.8, 4) is 17.2 Å². The number of amides is 1. The normalized spacial score (nSPS) is 23.7. The fourth-order valence-electron chi connectivity index (χ4n) is 4.26. The molecule has 1 amide bonds. The highest BCUT2D eigenvalue weighted by molar-refractivity contribution is 6.07. The lowest BCUT2D eigenvalue weighted by Gasteiger charge is -2.31. The van der Waals surface area contributed by atoms with Crippen molar-refractivity contribution < 1.29 is 19.0 Å². The van der Waals surface area contributed by atoms with Crippen molar-refractivity contribution in [3.63, 3.8) is 0 Å². The van der Waals surface area contributed by atoms with Gasteiger partial charge in [0, 0.05) is 17.3 Å². The van der Waals surface area contributed by atoms with Crippen molar-refractivity contribution in [1.82, 2.24) is 5.32 Å². The van der Waals surface area contributed by atoms with Gasteiger partial charge in [0.15, 0.2) is 11.5 Å². The number of hydrogen-bond acceptors (Lipinski definition) is 5. The lowest BCUT2D eigenvalue weighted by atomic mass is 9.72. The number of hydrogen-bond donors (Lipinski definition) is 2. The van der Waals surface area contributed by atoms with Gasteiger partial charge in [0.05, 0.1) is 32.8 Å². The maximum atomic E-state index is 13.1. The topological polar surface area (TPSA) is 68.8 Å². The molecule has 2 aliphatic rings.